The number of nitrogens with one attached hydrogen (secondary N) is 1. The van der Waals surface area contributed by atoms with E-state index in [0.717, 1.165) is 96.3 Å². The predicted molar refractivity (Wildman–Crippen MR) is 363 cm³/mol. The van der Waals surface area contributed by atoms with Crippen molar-refractivity contribution in [3.63, 3.8) is 0 Å². The van der Waals surface area contributed by atoms with Crippen LogP contribution >= 0.6 is 0 Å². The first-order valence-corrected chi connectivity index (χ1v) is 34.9. The number of aliphatic hydroxyl groups is 5. The number of rotatable bonds is 59. The Morgan fingerprint density at radius 1 is 0.412 bits per heavy atom. The number of hydrogen-bond acceptors (Lipinski definition) is 8. The van der Waals surface area contributed by atoms with Crippen molar-refractivity contribution >= 4 is 5.91 Å². The zero-order valence-corrected chi connectivity index (χ0v) is 54.3. The molecule has 1 heterocycles. The Morgan fingerprint density at radius 2 is 0.741 bits per heavy atom. The number of aliphatic hydroxyl groups excluding tert-OH is 5. The van der Waals surface area contributed by atoms with E-state index in [1.807, 2.05) is 6.08 Å². The quantitative estimate of drug-likeness (QED) is 0.0261. The summed E-state index contributed by atoms with van der Waals surface area (Å²) in [6, 6.07) is -0.831. The number of allylic oxidation sites excluding steroid dienone is 21. The van der Waals surface area contributed by atoms with Gasteiger partial charge in [-0.3, -0.25) is 4.79 Å². The Hall–Kier alpha value is -3.67. The van der Waals surface area contributed by atoms with Crippen molar-refractivity contribution in [1.29, 1.82) is 0 Å². The van der Waals surface area contributed by atoms with Gasteiger partial charge < -0.3 is 40.3 Å². The van der Waals surface area contributed by atoms with Gasteiger partial charge in [-0.1, -0.05) is 308 Å². The van der Waals surface area contributed by atoms with Crippen molar-refractivity contribution in [2.24, 2.45) is 0 Å². The highest BCUT2D eigenvalue weighted by molar-refractivity contribution is 5.76. The lowest BCUT2D eigenvalue weighted by Crippen LogP contribution is -2.60. The Morgan fingerprint density at radius 3 is 1.13 bits per heavy atom. The van der Waals surface area contributed by atoms with E-state index in [-0.39, 0.29) is 12.5 Å². The van der Waals surface area contributed by atoms with Crippen LogP contribution in [0.25, 0.3) is 0 Å². The first-order valence-electron chi connectivity index (χ1n) is 34.9. The second-order valence-electron chi connectivity index (χ2n) is 23.6. The van der Waals surface area contributed by atoms with Crippen LogP contribution in [0, 0.1) is 0 Å². The summed E-state index contributed by atoms with van der Waals surface area (Å²) in [4.78, 5) is 13.1. The van der Waals surface area contributed by atoms with Gasteiger partial charge >= 0.3 is 0 Å². The molecule has 9 heteroatoms. The molecule has 0 radical (unpaired) electrons. The Balaban J connectivity index is 2.14. The fourth-order valence-electron chi connectivity index (χ4n) is 10.3. The van der Waals surface area contributed by atoms with E-state index in [9.17, 15) is 30.3 Å². The van der Waals surface area contributed by atoms with Crippen LogP contribution in [0.5, 0.6) is 0 Å². The van der Waals surface area contributed by atoms with Gasteiger partial charge in [-0.05, 0) is 103 Å². The highest BCUT2D eigenvalue weighted by Crippen LogP contribution is 2.23. The van der Waals surface area contributed by atoms with E-state index < -0.39 is 49.5 Å². The van der Waals surface area contributed by atoms with Gasteiger partial charge in [-0.2, -0.15) is 0 Å². The third-order valence-electron chi connectivity index (χ3n) is 15.7. The lowest BCUT2D eigenvalue weighted by Gasteiger charge is -2.40. The van der Waals surface area contributed by atoms with E-state index >= 15 is 0 Å². The number of unbranched alkanes of at least 4 members (excludes halogenated alkanes) is 29. The Kier molecular flexibility index (Phi) is 59.1. The van der Waals surface area contributed by atoms with Crippen LogP contribution in [0.1, 0.15) is 284 Å². The molecule has 7 atom stereocenters. The van der Waals surface area contributed by atoms with Crippen molar-refractivity contribution < 1.29 is 39.8 Å². The summed E-state index contributed by atoms with van der Waals surface area (Å²) in [5, 5.41) is 54.7. The molecular weight excluding hydrogens is 1050 g/mol. The fourth-order valence-corrected chi connectivity index (χ4v) is 10.3. The van der Waals surface area contributed by atoms with E-state index in [0.29, 0.717) is 6.42 Å². The molecule has 1 amide bonds. The molecule has 1 aliphatic heterocycles. The average Bonchev–Trinajstić information content (AvgIpc) is 3.68. The summed E-state index contributed by atoms with van der Waals surface area (Å²) in [5.74, 6) is -0.190. The van der Waals surface area contributed by atoms with Gasteiger partial charge in [0.05, 0.1) is 25.4 Å². The summed E-state index contributed by atoms with van der Waals surface area (Å²) in [7, 11) is 0. The van der Waals surface area contributed by atoms with Crippen LogP contribution in [0.4, 0.5) is 0 Å². The van der Waals surface area contributed by atoms with Gasteiger partial charge in [0.25, 0.3) is 0 Å². The molecule has 1 saturated heterocycles. The molecule has 0 aromatic carbocycles. The van der Waals surface area contributed by atoms with Gasteiger partial charge in [0.15, 0.2) is 6.29 Å². The molecular formula is C76H129NO8. The molecule has 1 rings (SSSR count). The molecule has 1 fully saturated rings. The fraction of sp³-hybridized carbons (Fsp3) is 0.697. The molecule has 0 aromatic heterocycles. The molecule has 0 aromatic rings. The molecule has 0 spiro atoms. The first-order chi connectivity index (χ1) is 41.8. The lowest BCUT2D eigenvalue weighted by molar-refractivity contribution is -0.302. The number of carbonyl (C=O) groups is 1. The van der Waals surface area contributed by atoms with Gasteiger partial charge in [0, 0.05) is 6.42 Å². The van der Waals surface area contributed by atoms with Crippen molar-refractivity contribution in [3.8, 4) is 0 Å². The van der Waals surface area contributed by atoms with Crippen molar-refractivity contribution in [1.82, 2.24) is 5.32 Å². The third kappa shape index (κ3) is 52.0. The zero-order valence-electron chi connectivity index (χ0n) is 54.3. The highest BCUT2D eigenvalue weighted by Gasteiger charge is 2.44. The topological polar surface area (TPSA) is 149 Å². The van der Waals surface area contributed by atoms with Gasteiger partial charge in [-0.25, -0.2) is 0 Å². The molecule has 486 valence electrons. The van der Waals surface area contributed by atoms with Crippen LogP contribution in [0.15, 0.2) is 134 Å². The maximum Gasteiger partial charge on any atom is 0.220 e. The molecule has 6 N–H and O–H groups in total. The standard InChI is InChI=1S/C76H129NO8/c1-3-5-7-9-11-13-15-17-19-21-23-25-26-27-28-29-30-31-32-33-34-35-36-37-38-39-40-41-42-43-44-46-48-50-52-54-56-58-60-62-64-66-72(80)77-69(68-84-76-75(83)74(82)73(81)71(67-78)85-76)70(79)65-63-61-59-57-55-53-51-49-47-45-24-22-20-18-16-14-12-10-8-6-4-2/h5,7,11,13,17,19,23,25,27-28,30-31,33-34,36-37,39-40,55,57,63,65,69-71,73-76,78-79,81-83H,3-4,6,8-10,12,14-16,18,20-22,24,26,29,32,35,38,41-54,56,58-62,64,66-68H2,1-2H3,(H,77,80)/b7-5-,13-11-,19-17-,25-23-,28-27-,31-30-,34-33-,37-36-,40-39-,57-55+,65-63+. The van der Waals surface area contributed by atoms with E-state index in [1.54, 1.807) is 6.08 Å². The molecule has 0 aliphatic carbocycles. The van der Waals surface area contributed by atoms with Crippen molar-refractivity contribution in [3.05, 3.63) is 134 Å². The smallest absolute Gasteiger partial charge is 0.220 e. The summed E-state index contributed by atoms with van der Waals surface area (Å²) in [6.45, 7) is 3.66. The van der Waals surface area contributed by atoms with Crippen LogP contribution in [0.2, 0.25) is 0 Å². The first kappa shape index (κ1) is 79.3. The SMILES string of the molecule is CC/C=C\C/C=C\C/C=C\C/C=C\C/C=C\C/C=C\C/C=C\C/C=C\C/C=C\CCCCCCCCCCCCCCCC(=O)NC(COC1OC(CO)C(O)C(O)C1O)C(O)/C=C/CC/C=C/CCCCCCCCCCCCCCCCC. The second kappa shape index (κ2) is 63.4. The van der Waals surface area contributed by atoms with Crippen LogP contribution in [0.3, 0.4) is 0 Å². The average molecular weight is 1180 g/mol. The van der Waals surface area contributed by atoms with E-state index in [4.69, 9.17) is 9.47 Å². The largest absolute Gasteiger partial charge is 0.394 e. The summed E-state index contributed by atoms with van der Waals surface area (Å²) in [5.41, 5.74) is 0. The minimum absolute atomic E-state index is 0.190. The van der Waals surface area contributed by atoms with Crippen LogP contribution < -0.4 is 5.32 Å². The monoisotopic (exact) mass is 1180 g/mol. The molecule has 0 bridgehead atoms. The molecule has 7 unspecified atom stereocenters. The van der Waals surface area contributed by atoms with E-state index in [1.165, 1.54) is 167 Å². The molecule has 85 heavy (non-hydrogen) atoms. The van der Waals surface area contributed by atoms with Crippen molar-refractivity contribution in [2.45, 2.75) is 326 Å². The van der Waals surface area contributed by atoms with Gasteiger partial charge in [0.1, 0.15) is 24.4 Å². The van der Waals surface area contributed by atoms with Crippen molar-refractivity contribution in [2.75, 3.05) is 13.2 Å². The maximum absolute atomic E-state index is 13.1. The Bertz CT molecular complexity index is 1800. The Labute approximate surface area is 521 Å². The predicted octanol–water partition coefficient (Wildman–Crippen LogP) is 19.2. The number of amides is 1. The minimum Gasteiger partial charge on any atom is -0.394 e. The third-order valence-corrected chi connectivity index (χ3v) is 15.7. The van der Waals surface area contributed by atoms with Gasteiger partial charge in [-0.15, -0.1) is 0 Å². The number of carbonyl (C=O) groups excluding carboxylic acids is 1. The molecule has 0 saturated carbocycles. The summed E-state index contributed by atoms with van der Waals surface area (Å²) in [6.07, 6.45) is 89.8. The highest BCUT2D eigenvalue weighted by atomic mass is 16.7. The molecule has 9 nitrogen and oxygen atoms in total. The molecule has 1 aliphatic rings. The van der Waals surface area contributed by atoms with Crippen LogP contribution in [-0.2, 0) is 14.3 Å². The second-order valence-corrected chi connectivity index (χ2v) is 23.6. The number of ether oxygens (including phenoxy) is 2. The minimum atomic E-state index is -1.58. The zero-order chi connectivity index (χ0) is 61.4. The number of hydrogen-bond donors (Lipinski definition) is 6. The van der Waals surface area contributed by atoms with Crippen LogP contribution in [-0.4, -0.2) is 87.5 Å². The normalized spacial score (nSPS) is 19.0. The summed E-state index contributed by atoms with van der Waals surface area (Å²) >= 11 is 0. The van der Waals surface area contributed by atoms with E-state index in [2.05, 4.69) is 141 Å². The maximum atomic E-state index is 13.1. The lowest BCUT2D eigenvalue weighted by atomic mass is 9.99. The summed E-state index contributed by atoms with van der Waals surface area (Å²) < 4.78 is 11.3. The van der Waals surface area contributed by atoms with Gasteiger partial charge in [0.2, 0.25) is 5.91 Å².